The number of aliphatic carboxylic acids is 2. The summed E-state index contributed by atoms with van der Waals surface area (Å²) in [4.78, 5) is 37.6. The first-order chi connectivity index (χ1) is 15.9. The normalized spacial score (nSPS) is 14.1. The van der Waals surface area contributed by atoms with Gasteiger partial charge in [0, 0.05) is 44.8 Å². The molecule has 0 saturated carbocycles. The van der Waals surface area contributed by atoms with Crippen LogP contribution in [0.3, 0.4) is 0 Å². The lowest BCUT2D eigenvalue weighted by Crippen LogP contribution is -2.48. The molecule has 0 spiro atoms. The molecule has 0 radical (unpaired) electrons. The maximum Gasteiger partial charge on any atom is 0.414 e. The van der Waals surface area contributed by atoms with Crippen molar-refractivity contribution in [2.75, 3.05) is 44.3 Å². The van der Waals surface area contributed by atoms with Crippen molar-refractivity contribution in [1.82, 2.24) is 9.80 Å². The Morgan fingerprint density at radius 1 is 0.848 bits per heavy atom. The van der Waals surface area contributed by atoms with E-state index in [1.165, 1.54) is 18.5 Å². The number of para-hydroxylation sites is 1. The highest BCUT2D eigenvalue weighted by Crippen LogP contribution is 2.15. The summed E-state index contributed by atoms with van der Waals surface area (Å²) in [5.74, 6) is -3.45. The average Bonchev–Trinajstić information content (AvgIpc) is 2.84. The van der Waals surface area contributed by atoms with Crippen LogP contribution in [0.15, 0.2) is 60.7 Å². The second-order valence-corrected chi connectivity index (χ2v) is 7.81. The third kappa shape index (κ3) is 9.43. The fourth-order valence-corrected chi connectivity index (χ4v) is 3.68. The Labute approximate surface area is 195 Å². The number of carboxylic acid groups (broad SMARTS) is 2. The van der Waals surface area contributed by atoms with Crippen LogP contribution < -0.4 is 4.90 Å². The topological polar surface area (TPSA) is 101 Å². The SMILES string of the molecule is CCC(=O)N(CCN1CCCN(CCc2ccccc2)C1)c1ccccc1.O=C(O)C(=O)O. The van der Waals surface area contributed by atoms with Gasteiger partial charge in [0.1, 0.15) is 0 Å². The van der Waals surface area contributed by atoms with Crippen LogP contribution in [0.5, 0.6) is 0 Å². The number of carboxylic acids is 2. The van der Waals surface area contributed by atoms with Crippen molar-refractivity contribution < 1.29 is 24.6 Å². The van der Waals surface area contributed by atoms with Gasteiger partial charge >= 0.3 is 11.9 Å². The minimum atomic E-state index is -1.82. The van der Waals surface area contributed by atoms with Crippen LogP contribution in [0.25, 0.3) is 0 Å². The summed E-state index contributed by atoms with van der Waals surface area (Å²) in [5, 5.41) is 14.8. The summed E-state index contributed by atoms with van der Waals surface area (Å²) in [5.41, 5.74) is 2.40. The first kappa shape index (κ1) is 26.0. The van der Waals surface area contributed by atoms with Gasteiger partial charge in [-0.3, -0.25) is 14.6 Å². The van der Waals surface area contributed by atoms with E-state index in [9.17, 15) is 4.79 Å². The molecular weight excluding hydrogens is 422 g/mol. The molecule has 0 aliphatic carbocycles. The second-order valence-electron chi connectivity index (χ2n) is 7.81. The number of hydrogen-bond acceptors (Lipinski definition) is 5. The van der Waals surface area contributed by atoms with Gasteiger partial charge in [-0.15, -0.1) is 0 Å². The van der Waals surface area contributed by atoms with Crippen LogP contribution in [0, 0.1) is 0 Å². The molecule has 0 aromatic heterocycles. The average molecular weight is 456 g/mol. The van der Waals surface area contributed by atoms with Gasteiger partial charge in [-0.2, -0.15) is 0 Å². The zero-order chi connectivity index (χ0) is 24.1. The first-order valence-electron chi connectivity index (χ1n) is 11.2. The highest BCUT2D eigenvalue weighted by molar-refractivity contribution is 6.27. The predicted octanol–water partition coefficient (Wildman–Crippen LogP) is 2.79. The minimum absolute atomic E-state index is 0.194. The maximum absolute atomic E-state index is 12.4. The molecule has 1 aliphatic rings. The van der Waals surface area contributed by atoms with E-state index in [1.54, 1.807) is 0 Å². The van der Waals surface area contributed by atoms with Crippen LogP contribution in [-0.2, 0) is 20.8 Å². The van der Waals surface area contributed by atoms with E-state index < -0.39 is 11.9 Å². The molecule has 2 aromatic carbocycles. The van der Waals surface area contributed by atoms with Gasteiger partial charge in [0.15, 0.2) is 0 Å². The number of benzene rings is 2. The molecule has 2 N–H and O–H groups in total. The fourth-order valence-electron chi connectivity index (χ4n) is 3.68. The van der Waals surface area contributed by atoms with Gasteiger partial charge in [-0.1, -0.05) is 55.5 Å². The van der Waals surface area contributed by atoms with Crippen LogP contribution in [0.2, 0.25) is 0 Å². The number of carbonyl (C=O) groups excluding carboxylic acids is 1. The van der Waals surface area contributed by atoms with Gasteiger partial charge in [0.25, 0.3) is 0 Å². The Kier molecular flexibility index (Phi) is 11.1. The van der Waals surface area contributed by atoms with Crippen molar-refractivity contribution in [3.05, 3.63) is 66.2 Å². The monoisotopic (exact) mass is 455 g/mol. The lowest BCUT2D eigenvalue weighted by molar-refractivity contribution is -0.159. The number of amides is 1. The lowest BCUT2D eigenvalue weighted by atomic mass is 10.1. The summed E-state index contributed by atoms with van der Waals surface area (Å²) in [6.45, 7) is 7.98. The molecule has 0 atom stereocenters. The number of rotatable bonds is 8. The van der Waals surface area contributed by atoms with Crippen molar-refractivity contribution in [3.63, 3.8) is 0 Å². The summed E-state index contributed by atoms with van der Waals surface area (Å²) >= 11 is 0. The third-order valence-corrected chi connectivity index (χ3v) is 5.40. The van der Waals surface area contributed by atoms with Gasteiger partial charge in [0.2, 0.25) is 5.91 Å². The zero-order valence-corrected chi connectivity index (χ0v) is 19.1. The van der Waals surface area contributed by atoms with Crippen LogP contribution in [0.4, 0.5) is 5.69 Å². The molecule has 1 fully saturated rings. The third-order valence-electron chi connectivity index (χ3n) is 5.40. The van der Waals surface area contributed by atoms with Crippen molar-refractivity contribution in [2.45, 2.75) is 26.2 Å². The first-order valence-corrected chi connectivity index (χ1v) is 11.2. The molecule has 178 valence electrons. The van der Waals surface area contributed by atoms with Crippen molar-refractivity contribution in [3.8, 4) is 0 Å². The van der Waals surface area contributed by atoms with Crippen LogP contribution >= 0.6 is 0 Å². The molecule has 8 heteroatoms. The smallest absolute Gasteiger partial charge is 0.414 e. The molecule has 0 bridgehead atoms. The van der Waals surface area contributed by atoms with E-state index in [0.717, 1.165) is 45.0 Å². The van der Waals surface area contributed by atoms with E-state index in [-0.39, 0.29) is 5.91 Å². The maximum atomic E-state index is 12.4. The van der Waals surface area contributed by atoms with Gasteiger partial charge in [-0.05, 0) is 30.5 Å². The fraction of sp³-hybridized carbons (Fsp3) is 0.400. The molecule has 1 heterocycles. The number of hydrogen-bond donors (Lipinski definition) is 2. The Balaban J connectivity index is 0.000000569. The molecule has 3 rings (SSSR count). The standard InChI is InChI=1S/C23H31N3O.C2H2O4/c1-2-23(27)26(22-12-7-4-8-13-22)19-18-25-16-9-15-24(20-25)17-14-21-10-5-3-6-11-21;3-1(4)2(5)6/h3-8,10-13H,2,9,14-20H2,1H3;(H,3,4)(H,5,6). The number of nitrogens with zero attached hydrogens (tertiary/aromatic N) is 3. The van der Waals surface area contributed by atoms with Crippen LogP contribution in [-0.4, -0.2) is 77.3 Å². The van der Waals surface area contributed by atoms with E-state index in [4.69, 9.17) is 19.8 Å². The molecule has 1 aliphatic heterocycles. The van der Waals surface area contributed by atoms with Gasteiger partial charge < -0.3 is 15.1 Å². The Hall–Kier alpha value is -3.23. The van der Waals surface area contributed by atoms with E-state index >= 15 is 0 Å². The van der Waals surface area contributed by atoms with E-state index in [1.807, 2.05) is 42.2 Å². The van der Waals surface area contributed by atoms with Crippen molar-refractivity contribution >= 4 is 23.5 Å². The highest BCUT2D eigenvalue weighted by Gasteiger charge is 2.20. The molecule has 8 nitrogen and oxygen atoms in total. The Bertz CT molecular complexity index is 864. The minimum Gasteiger partial charge on any atom is -0.473 e. The largest absolute Gasteiger partial charge is 0.473 e. The Morgan fingerprint density at radius 2 is 1.39 bits per heavy atom. The molecule has 33 heavy (non-hydrogen) atoms. The van der Waals surface area contributed by atoms with E-state index in [2.05, 4.69) is 40.1 Å². The Morgan fingerprint density at radius 3 is 1.94 bits per heavy atom. The number of carbonyl (C=O) groups is 3. The molecule has 1 saturated heterocycles. The lowest BCUT2D eigenvalue weighted by Gasteiger charge is -2.36. The summed E-state index contributed by atoms with van der Waals surface area (Å²) in [6, 6.07) is 20.7. The van der Waals surface area contributed by atoms with Crippen LogP contribution in [0.1, 0.15) is 25.3 Å². The van der Waals surface area contributed by atoms with Crippen molar-refractivity contribution in [1.29, 1.82) is 0 Å². The zero-order valence-electron chi connectivity index (χ0n) is 19.1. The molecule has 1 amide bonds. The van der Waals surface area contributed by atoms with Gasteiger partial charge in [0.05, 0.1) is 6.67 Å². The predicted molar refractivity (Wildman–Crippen MR) is 127 cm³/mol. The summed E-state index contributed by atoms with van der Waals surface area (Å²) in [7, 11) is 0. The van der Waals surface area contributed by atoms with E-state index in [0.29, 0.717) is 6.42 Å². The summed E-state index contributed by atoms with van der Waals surface area (Å²) < 4.78 is 0. The molecule has 0 unspecified atom stereocenters. The second kappa shape index (κ2) is 14.0. The quantitative estimate of drug-likeness (QED) is 0.590. The number of anilines is 1. The van der Waals surface area contributed by atoms with Crippen molar-refractivity contribution in [2.24, 2.45) is 0 Å². The highest BCUT2D eigenvalue weighted by atomic mass is 16.4. The van der Waals surface area contributed by atoms with Gasteiger partial charge in [-0.25, -0.2) is 9.59 Å². The summed E-state index contributed by atoms with van der Waals surface area (Å²) in [6.07, 6.45) is 2.83. The molecule has 2 aromatic rings. The molecular formula is C25H33N3O5.